The average Bonchev–Trinajstić information content (AvgIpc) is 3.24. The Balaban J connectivity index is 1.53. The number of benzene rings is 2. The van der Waals surface area contributed by atoms with Crippen molar-refractivity contribution < 1.29 is 4.79 Å². The predicted octanol–water partition coefficient (Wildman–Crippen LogP) is 4.24. The zero-order valence-electron chi connectivity index (χ0n) is 16.0. The Labute approximate surface area is 163 Å². The molecule has 140 valence electrons. The molecule has 0 aliphatic heterocycles. The van der Waals surface area contributed by atoms with Crippen molar-refractivity contribution in [2.45, 2.75) is 20.8 Å². The smallest absolute Gasteiger partial charge is 0.256 e. The number of hydrogen-bond acceptors (Lipinski definition) is 3. The summed E-state index contributed by atoms with van der Waals surface area (Å²) in [6, 6.07) is 19.2. The third-order valence-corrected chi connectivity index (χ3v) is 4.53. The van der Waals surface area contributed by atoms with E-state index in [1.54, 1.807) is 16.8 Å². The highest BCUT2D eigenvalue weighted by molar-refractivity contribution is 6.04. The van der Waals surface area contributed by atoms with Crippen LogP contribution < -0.4 is 5.32 Å². The minimum atomic E-state index is -0.193. The van der Waals surface area contributed by atoms with Crippen LogP contribution in [0.15, 0.2) is 66.9 Å². The summed E-state index contributed by atoms with van der Waals surface area (Å²) in [6.45, 7) is 5.89. The van der Waals surface area contributed by atoms with Gasteiger partial charge in [0.2, 0.25) is 0 Å². The van der Waals surface area contributed by atoms with Crippen LogP contribution in [0.1, 0.15) is 27.3 Å². The van der Waals surface area contributed by atoms with E-state index in [1.807, 2.05) is 80.2 Å². The van der Waals surface area contributed by atoms with Gasteiger partial charge in [-0.3, -0.25) is 4.79 Å². The first-order valence-electron chi connectivity index (χ1n) is 9.08. The van der Waals surface area contributed by atoms with Gasteiger partial charge in [-0.2, -0.15) is 5.10 Å². The molecule has 6 heteroatoms. The third kappa shape index (κ3) is 3.44. The number of aryl methyl sites for hydroxylation is 3. The van der Waals surface area contributed by atoms with Crippen LogP contribution in [0.4, 0.5) is 5.82 Å². The Bertz CT molecular complexity index is 1120. The van der Waals surface area contributed by atoms with Gasteiger partial charge >= 0.3 is 0 Å². The number of nitrogens with zero attached hydrogens (tertiary/aromatic N) is 4. The van der Waals surface area contributed by atoms with Gasteiger partial charge in [-0.05, 0) is 63.2 Å². The first-order valence-corrected chi connectivity index (χ1v) is 9.08. The molecule has 28 heavy (non-hydrogen) atoms. The monoisotopic (exact) mass is 371 g/mol. The second-order valence-electron chi connectivity index (χ2n) is 6.78. The Morgan fingerprint density at radius 2 is 1.61 bits per heavy atom. The van der Waals surface area contributed by atoms with E-state index in [-0.39, 0.29) is 5.91 Å². The zero-order valence-corrected chi connectivity index (χ0v) is 16.0. The molecule has 0 saturated carbocycles. The van der Waals surface area contributed by atoms with Crippen molar-refractivity contribution in [3.63, 3.8) is 0 Å². The van der Waals surface area contributed by atoms with Crippen molar-refractivity contribution in [2.24, 2.45) is 0 Å². The highest BCUT2D eigenvalue weighted by Gasteiger charge is 2.12. The van der Waals surface area contributed by atoms with E-state index in [1.165, 1.54) is 0 Å². The highest BCUT2D eigenvalue weighted by atomic mass is 16.1. The molecule has 4 rings (SSSR count). The molecule has 0 unspecified atom stereocenters. The standard InChI is InChI=1S/C22H21N5O/c1-15-14-26(19-7-5-4-6-8-19)25-21(15)23-22(28)18-9-11-20(12-10-18)27-17(3)13-16(2)24-27/h4-14H,1-3H3,(H,23,25,28). The number of aromatic nitrogens is 4. The third-order valence-electron chi connectivity index (χ3n) is 4.53. The van der Waals surface area contributed by atoms with Gasteiger partial charge in [0.25, 0.3) is 5.91 Å². The van der Waals surface area contributed by atoms with Crippen LogP contribution in [-0.2, 0) is 0 Å². The summed E-state index contributed by atoms with van der Waals surface area (Å²) < 4.78 is 3.62. The fourth-order valence-corrected chi connectivity index (χ4v) is 3.12. The lowest BCUT2D eigenvalue weighted by Gasteiger charge is -2.07. The number of para-hydroxylation sites is 1. The number of rotatable bonds is 4. The normalized spacial score (nSPS) is 10.8. The van der Waals surface area contributed by atoms with Crippen molar-refractivity contribution in [1.82, 2.24) is 19.6 Å². The van der Waals surface area contributed by atoms with Gasteiger partial charge in [-0.25, -0.2) is 9.36 Å². The van der Waals surface area contributed by atoms with Gasteiger partial charge in [0, 0.05) is 23.0 Å². The van der Waals surface area contributed by atoms with Gasteiger partial charge in [0.15, 0.2) is 5.82 Å². The van der Waals surface area contributed by atoms with Crippen molar-refractivity contribution in [1.29, 1.82) is 0 Å². The van der Waals surface area contributed by atoms with Crippen molar-refractivity contribution >= 4 is 11.7 Å². The lowest BCUT2D eigenvalue weighted by molar-refractivity contribution is 0.102. The average molecular weight is 371 g/mol. The molecular formula is C22H21N5O. The molecule has 0 atom stereocenters. The number of nitrogens with one attached hydrogen (secondary N) is 1. The topological polar surface area (TPSA) is 64.7 Å². The van der Waals surface area contributed by atoms with Gasteiger partial charge in [-0.15, -0.1) is 5.10 Å². The van der Waals surface area contributed by atoms with Crippen LogP contribution in [0, 0.1) is 20.8 Å². The molecule has 2 aromatic carbocycles. The van der Waals surface area contributed by atoms with Crippen LogP contribution in [0.2, 0.25) is 0 Å². The Morgan fingerprint density at radius 3 is 2.25 bits per heavy atom. The van der Waals surface area contributed by atoms with Crippen LogP contribution in [-0.4, -0.2) is 25.5 Å². The molecule has 0 aliphatic rings. The van der Waals surface area contributed by atoms with E-state index in [4.69, 9.17) is 0 Å². The summed E-state index contributed by atoms with van der Waals surface area (Å²) >= 11 is 0. The lowest BCUT2D eigenvalue weighted by Crippen LogP contribution is -2.13. The predicted molar refractivity (Wildman–Crippen MR) is 109 cm³/mol. The maximum Gasteiger partial charge on any atom is 0.256 e. The summed E-state index contributed by atoms with van der Waals surface area (Å²) in [7, 11) is 0. The SMILES string of the molecule is Cc1cc(C)n(-c2ccc(C(=O)Nc3nn(-c4ccccc4)cc3C)cc2)n1. The number of carbonyl (C=O) groups excluding carboxylic acids is 1. The van der Waals surface area contributed by atoms with Crippen LogP contribution in [0.3, 0.4) is 0 Å². The van der Waals surface area contributed by atoms with Crippen molar-refractivity contribution in [3.8, 4) is 11.4 Å². The molecule has 1 N–H and O–H groups in total. The molecule has 0 fully saturated rings. The molecule has 0 spiro atoms. The van der Waals surface area contributed by atoms with Crippen LogP contribution in [0.5, 0.6) is 0 Å². The summed E-state index contributed by atoms with van der Waals surface area (Å²) in [5, 5.41) is 11.9. The second kappa shape index (κ2) is 7.15. The van der Waals surface area contributed by atoms with E-state index in [0.29, 0.717) is 11.4 Å². The minimum absolute atomic E-state index is 0.193. The highest BCUT2D eigenvalue weighted by Crippen LogP contribution is 2.18. The molecule has 0 aliphatic carbocycles. The molecule has 4 aromatic rings. The van der Waals surface area contributed by atoms with Gasteiger partial charge in [-0.1, -0.05) is 18.2 Å². The second-order valence-corrected chi connectivity index (χ2v) is 6.78. The molecule has 0 bridgehead atoms. The first kappa shape index (κ1) is 17.7. The van der Waals surface area contributed by atoms with Crippen molar-refractivity contribution in [3.05, 3.63) is 89.4 Å². The summed E-state index contributed by atoms with van der Waals surface area (Å²) in [4.78, 5) is 12.6. The lowest BCUT2D eigenvalue weighted by atomic mass is 10.2. The van der Waals surface area contributed by atoms with Gasteiger partial charge < -0.3 is 5.32 Å². The molecule has 0 radical (unpaired) electrons. The van der Waals surface area contributed by atoms with E-state index in [9.17, 15) is 4.79 Å². The maximum absolute atomic E-state index is 12.6. The fraction of sp³-hybridized carbons (Fsp3) is 0.136. The first-order chi connectivity index (χ1) is 13.5. The van der Waals surface area contributed by atoms with Crippen LogP contribution >= 0.6 is 0 Å². The summed E-state index contributed by atoms with van der Waals surface area (Å²) in [5.74, 6) is 0.359. The number of anilines is 1. The Kier molecular flexibility index (Phi) is 4.53. The minimum Gasteiger partial charge on any atom is -0.305 e. The number of hydrogen-bond donors (Lipinski definition) is 1. The number of carbonyl (C=O) groups is 1. The van der Waals surface area contributed by atoms with Crippen molar-refractivity contribution in [2.75, 3.05) is 5.32 Å². The van der Waals surface area contributed by atoms with Gasteiger partial charge in [0.05, 0.1) is 17.1 Å². The van der Waals surface area contributed by atoms with E-state index < -0.39 is 0 Å². The largest absolute Gasteiger partial charge is 0.305 e. The molecule has 0 saturated heterocycles. The van der Waals surface area contributed by atoms with E-state index >= 15 is 0 Å². The zero-order chi connectivity index (χ0) is 19.7. The molecule has 6 nitrogen and oxygen atoms in total. The van der Waals surface area contributed by atoms with E-state index in [2.05, 4.69) is 15.5 Å². The molecule has 1 amide bonds. The van der Waals surface area contributed by atoms with Gasteiger partial charge in [0.1, 0.15) is 0 Å². The molecule has 2 heterocycles. The summed E-state index contributed by atoms with van der Waals surface area (Å²) in [6.07, 6.45) is 1.90. The fourth-order valence-electron chi connectivity index (χ4n) is 3.12. The Morgan fingerprint density at radius 1 is 0.893 bits per heavy atom. The number of amides is 1. The quantitative estimate of drug-likeness (QED) is 0.584. The maximum atomic E-state index is 12.6. The Hall–Kier alpha value is -3.67. The van der Waals surface area contributed by atoms with Crippen LogP contribution in [0.25, 0.3) is 11.4 Å². The van der Waals surface area contributed by atoms with E-state index in [0.717, 1.165) is 28.3 Å². The molecular weight excluding hydrogens is 350 g/mol. The molecule has 2 aromatic heterocycles. The summed E-state index contributed by atoms with van der Waals surface area (Å²) in [5.41, 5.74) is 5.35.